The van der Waals surface area contributed by atoms with E-state index >= 15 is 0 Å². The summed E-state index contributed by atoms with van der Waals surface area (Å²) >= 11 is 0. The molecule has 5 heteroatoms. The maximum absolute atomic E-state index is 11.8. The summed E-state index contributed by atoms with van der Waals surface area (Å²) < 4.78 is 0. The maximum Gasteiger partial charge on any atom is 2.00 e. The first-order valence-corrected chi connectivity index (χ1v) is 9.14. The van der Waals surface area contributed by atoms with E-state index in [1.165, 1.54) is 0 Å². The van der Waals surface area contributed by atoms with Crippen LogP contribution in [0.3, 0.4) is 0 Å². The molecule has 0 rings (SSSR count). The summed E-state index contributed by atoms with van der Waals surface area (Å²) in [6.07, 6.45) is 0.795. The molecule has 0 aliphatic rings. The van der Waals surface area contributed by atoms with Gasteiger partial charge in [0, 0.05) is 12.8 Å². The fourth-order valence-corrected chi connectivity index (χ4v) is 2.83. The second-order valence-electron chi connectivity index (χ2n) is 9.23. The predicted octanol–water partition coefficient (Wildman–Crippen LogP) is 4.84. The van der Waals surface area contributed by atoms with E-state index in [1.807, 2.05) is 0 Å². The Hall–Kier alpha value is -0.801. The van der Waals surface area contributed by atoms with Gasteiger partial charge in [-0.15, -0.1) is 10.8 Å². The molecule has 0 aliphatic carbocycles. The van der Waals surface area contributed by atoms with E-state index in [4.69, 9.17) is 0 Å². The molecule has 0 saturated carbocycles. The molecule has 0 bridgehead atoms. The van der Waals surface area contributed by atoms with E-state index in [1.54, 1.807) is 69.2 Å². The molecule has 0 atom stereocenters. The van der Waals surface area contributed by atoms with Gasteiger partial charge >= 0.3 is 17.1 Å². The minimum atomic E-state index is -0.889. The summed E-state index contributed by atoms with van der Waals surface area (Å²) in [5.74, 6) is -0.220. The first-order valence-electron chi connectivity index (χ1n) is 9.14. The van der Waals surface area contributed by atoms with Crippen LogP contribution in [0.25, 0.3) is 0 Å². The van der Waals surface area contributed by atoms with Crippen molar-refractivity contribution in [1.82, 2.24) is 0 Å². The van der Waals surface area contributed by atoms with E-state index in [-0.39, 0.29) is 40.2 Å². The Kier molecular flexibility index (Phi) is 12.2. The Labute approximate surface area is 177 Å². The summed E-state index contributed by atoms with van der Waals surface area (Å²) in [5.41, 5.74) is -3.15. The van der Waals surface area contributed by atoms with Crippen molar-refractivity contribution in [2.75, 3.05) is 0 Å². The maximum atomic E-state index is 11.8. The molecule has 0 amide bonds. The normalized spacial score (nSPS) is 12.3. The number of carbonyl (C=O) groups is 4. The quantitative estimate of drug-likeness (QED) is 0.314. The third kappa shape index (κ3) is 8.83. The van der Waals surface area contributed by atoms with Crippen LogP contribution in [0.4, 0.5) is 0 Å². The van der Waals surface area contributed by atoms with Crippen molar-refractivity contribution in [1.29, 1.82) is 0 Å². The zero-order valence-corrected chi connectivity index (χ0v) is 19.7. The third-order valence-corrected chi connectivity index (χ3v) is 4.40. The Morgan fingerprint density at radius 3 is 0.889 bits per heavy atom. The SMILES string of the molecule is [CH2-]C(C)(C)C(=O)C(C)(C)C(=O)CC.[CH2-]C(C)(C)C(=O)C(C)(C)C(=O)CC.[Cu+2]. The number of rotatable bonds is 8. The van der Waals surface area contributed by atoms with Gasteiger partial charge in [0.05, 0.1) is 10.8 Å². The van der Waals surface area contributed by atoms with Crippen molar-refractivity contribution < 1.29 is 36.2 Å². The average molecular weight is 430 g/mol. The number of hydrogen-bond donors (Lipinski definition) is 0. The zero-order chi connectivity index (χ0) is 21.7. The van der Waals surface area contributed by atoms with Crippen LogP contribution in [0, 0.1) is 35.5 Å². The molecule has 4 nitrogen and oxygen atoms in total. The van der Waals surface area contributed by atoms with E-state index in [0.29, 0.717) is 12.8 Å². The molecule has 0 unspecified atom stereocenters. The van der Waals surface area contributed by atoms with Crippen LogP contribution < -0.4 is 0 Å². The molecule has 161 valence electrons. The second kappa shape index (κ2) is 10.7. The van der Waals surface area contributed by atoms with Crippen molar-refractivity contribution in [3.05, 3.63) is 13.8 Å². The first-order chi connectivity index (χ1) is 11.3. The summed E-state index contributed by atoms with van der Waals surface area (Å²) in [4.78, 5) is 46.6. The van der Waals surface area contributed by atoms with Gasteiger partial charge in [0.2, 0.25) is 0 Å². The van der Waals surface area contributed by atoms with Gasteiger partial charge in [-0.25, -0.2) is 0 Å². The topological polar surface area (TPSA) is 68.3 Å². The van der Waals surface area contributed by atoms with Crippen molar-refractivity contribution in [2.45, 2.75) is 82.1 Å². The fourth-order valence-electron chi connectivity index (χ4n) is 2.83. The minimum absolute atomic E-state index is 0. The Morgan fingerprint density at radius 2 is 0.778 bits per heavy atom. The van der Waals surface area contributed by atoms with Gasteiger partial charge in [0.1, 0.15) is 23.1 Å². The molecule has 0 aromatic carbocycles. The van der Waals surface area contributed by atoms with Crippen molar-refractivity contribution >= 4 is 23.1 Å². The second-order valence-corrected chi connectivity index (χ2v) is 9.23. The molecule has 0 saturated heterocycles. The number of hydrogen-bond acceptors (Lipinski definition) is 4. The van der Waals surface area contributed by atoms with Gasteiger partial charge in [-0.1, -0.05) is 41.5 Å². The van der Waals surface area contributed by atoms with E-state index in [0.717, 1.165) is 0 Å². The van der Waals surface area contributed by atoms with Crippen LogP contribution in [0.1, 0.15) is 82.1 Å². The minimum Gasteiger partial charge on any atom is -0.331 e. The van der Waals surface area contributed by atoms with Crippen LogP contribution in [0.2, 0.25) is 0 Å². The van der Waals surface area contributed by atoms with Crippen molar-refractivity contribution in [2.24, 2.45) is 21.7 Å². The first kappa shape index (κ1) is 30.9. The van der Waals surface area contributed by atoms with E-state index in [9.17, 15) is 19.2 Å². The molecule has 0 spiro atoms. The Morgan fingerprint density at radius 1 is 0.593 bits per heavy atom. The molecule has 0 heterocycles. The van der Waals surface area contributed by atoms with Gasteiger partial charge in [-0.05, 0) is 27.7 Å². The molecular formula is C22H38CuO4. The Bertz CT molecular complexity index is 494. The van der Waals surface area contributed by atoms with Gasteiger partial charge < -0.3 is 23.4 Å². The van der Waals surface area contributed by atoms with E-state index in [2.05, 4.69) is 13.8 Å². The number of Topliss-reactive ketones (excluding diaryl/α,β-unsaturated/α-hetero) is 4. The van der Waals surface area contributed by atoms with Gasteiger partial charge in [0.25, 0.3) is 0 Å². The van der Waals surface area contributed by atoms with Crippen LogP contribution >= 0.6 is 0 Å². The smallest absolute Gasteiger partial charge is 0.331 e. The van der Waals surface area contributed by atoms with Gasteiger partial charge in [0.15, 0.2) is 0 Å². The van der Waals surface area contributed by atoms with E-state index < -0.39 is 21.7 Å². The molecular weight excluding hydrogens is 392 g/mol. The van der Waals surface area contributed by atoms with Crippen molar-refractivity contribution in [3.63, 3.8) is 0 Å². The largest absolute Gasteiger partial charge is 2.00 e. The summed E-state index contributed by atoms with van der Waals surface area (Å²) in [6, 6.07) is 0. The fraction of sp³-hybridized carbons (Fsp3) is 0.727. The van der Waals surface area contributed by atoms with Crippen LogP contribution in [0.5, 0.6) is 0 Å². The summed E-state index contributed by atoms with van der Waals surface area (Å²) in [5, 5.41) is 0. The Balaban J connectivity index is -0.000000411. The van der Waals surface area contributed by atoms with Crippen LogP contribution in [-0.2, 0) is 36.2 Å². The molecule has 0 aliphatic heterocycles. The zero-order valence-electron chi connectivity index (χ0n) is 18.8. The molecule has 27 heavy (non-hydrogen) atoms. The molecule has 0 N–H and O–H groups in total. The van der Waals surface area contributed by atoms with Crippen LogP contribution in [0.15, 0.2) is 0 Å². The summed E-state index contributed by atoms with van der Waals surface area (Å²) in [6.45, 7) is 24.7. The molecule has 0 aromatic rings. The molecule has 0 aromatic heterocycles. The average Bonchev–Trinajstić information content (AvgIpc) is 2.50. The molecule has 1 radical (unpaired) electrons. The standard InChI is InChI=1S/2C11H19O2.Cu/c2*1-7-8(12)11(5,6)9(13)10(2,3)4;/h2*2,7H2,1,3-6H3;/q2*-1;+2. The van der Waals surface area contributed by atoms with Crippen molar-refractivity contribution in [3.8, 4) is 0 Å². The number of ketones is 4. The monoisotopic (exact) mass is 429 g/mol. The van der Waals surface area contributed by atoms with Crippen LogP contribution in [-0.4, -0.2) is 23.1 Å². The molecule has 0 fully saturated rings. The van der Waals surface area contributed by atoms with Gasteiger partial charge in [-0.2, -0.15) is 0 Å². The van der Waals surface area contributed by atoms with Gasteiger partial charge in [-0.3, -0.25) is 9.59 Å². The predicted molar refractivity (Wildman–Crippen MR) is 106 cm³/mol. The third-order valence-electron chi connectivity index (χ3n) is 4.40. The number of carbonyl (C=O) groups excluding carboxylic acids is 4. The summed E-state index contributed by atoms with van der Waals surface area (Å²) in [7, 11) is 0.